The largest absolute Gasteiger partial charge is 0.467 e. The summed E-state index contributed by atoms with van der Waals surface area (Å²) in [6.45, 7) is -3.70. The minimum Gasteiger partial charge on any atom is -0.467 e. The first-order valence-electron chi connectivity index (χ1n) is 6.60. The minimum atomic E-state index is -5.00. The van der Waals surface area contributed by atoms with E-state index in [1.165, 1.54) is 19.2 Å². The Kier molecular flexibility index (Phi) is 7.95. The van der Waals surface area contributed by atoms with Crippen molar-refractivity contribution >= 4 is 57.2 Å². The Morgan fingerprint density at radius 3 is 2.41 bits per heavy atom. The number of hydroxylamine groups is 1. The van der Waals surface area contributed by atoms with Crippen LogP contribution in [0.15, 0.2) is 34.0 Å². The number of amides is 1. The second-order valence-electron chi connectivity index (χ2n) is 4.55. The molecule has 1 amide bonds. The second-order valence-corrected chi connectivity index (χ2v) is 6.68. The number of carbonyl (C=O) groups excluding carboxylic acids is 1. The smallest absolute Gasteiger partial charge is 0.388 e. The van der Waals surface area contributed by atoms with Gasteiger partial charge in [-0.3, -0.25) is 0 Å². The second kappa shape index (κ2) is 9.12. The van der Waals surface area contributed by atoms with Gasteiger partial charge in [0.2, 0.25) is 0 Å². The first-order chi connectivity index (χ1) is 12.1. The zero-order valence-corrected chi connectivity index (χ0v) is 17.7. The Hall–Kier alpha value is -1.51. The standard InChI is InChI=1S/C12H11ClF2N4O6S.Na/c1-17-10(24-2)16-18(11(17)20)12(21)19(25-9(14)15)26(22,23)8-6-4-3-5-7(8)13;/h3-6,9H,1-2H3;. The van der Waals surface area contributed by atoms with Crippen molar-refractivity contribution < 1.29 is 31.6 Å². The molecule has 1 radical (unpaired) electrons. The van der Waals surface area contributed by atoms with Gasteiger partial charge < -0.3 is 4.74 Å². The topological polar surface area (TPSA) is 113 Å². The maximum absolute atomic E-state index is 12.7. The summed E-state index contributed by atoms with van der Waals surface area (Å²) in [5.41, 5.74) is -1.15. The molecule has 2 aromatic rings. The summed E-state index contributed by atoms with van der Waals surface area (Å²) in [4.78, 5) is 27.5. The Morgan fingerprint density at radius 1 is 1.33 bits per heavy atom. The van der Waals surface area contributed by atoms with E-state index in [0.717, 1.165) is 23.8 Å². The molecule has 0 aliphatic rings. The Labute approximate surface area is 178 Å². The number of benzene rings is 1. The van der Waals surface area contributed by atoms with Gasteiger partial charge in [0.25, 0.3) is 10.0 Å². The third-order valence-corrected chi connectivity index (χ3v) is 5.00. The summed E-state index contributed by atoms with van der Waals surface area (Å²) >= 11 is 5.75. The maximum atomic E-state index is 12.7. The van der Waals surface area contributed by atoms with Crippen LogP contribution in [0.1, 0.15) is 0 Å². The number of carbonyl (C=O) groups is 1. The maximum Gasteiger partial charge on any atom is 0.388 e. The van der Waals surface area contributed by atoms with E-state index in [1.54, 1.807) is 0 Å². The van der Waals surface area contributed by atoms with Gasteiger partial charge in [0.05, 0.1) is 12.1 Å². The molecule has 15 heteroatoms. The van der Waals surface area contributed by atoms with Gasteiger partial charge in [0.15, 0.2) is 0 Å². The van der Waals surface area contributed by atoms with Crippen LogP contribution in [0.5, 0.6) is 6.01 Å². The van der Waals surface area contributed by atoms with Crippen molar-refractivity contribution in [2.24, 2.45) is 7.05 Å². The van der Waals surface area contributed by atoms with Gasteiger partial charge in [-0.15, -0.1) is 9.78 Å². The average Bonchev–Trinajstić information content (AvgIpc) is 2.87. The van der Waals surface area contributed by atoms with Crippen molar-refractivity contribution in [3.63, 3.8) is 0 Å². The normalized spacial score (nSPS) is 11.2. The van der Waals surface area contributed by atoms with E-state index >= 15 is 0 Å². The monoisotopic (exact) mass is 435 g/mol. The molecule has 27 heavy (non-hydrogen) atoms. The van der Waals surface area contributed by atoms with Crippen LogP contribution in [-0.4, -0.2) is 76.5 Å². The van der Waals surface area contributed by atoms with Gasteiger partial charge in [0.1, 0.15) is 4.90 Å². The van der Waals surface area contributed by atoms with Gasteiger partial charge in [-0.1, -0.05) is 28.2 Å². The molecule has 1 heterocycles. The fraction of sp³-hybridized carbons (Fsp3) is 0.250. The van der Waals surface area contributed by atoms with Crippen molar-refractivity contribution in [1.29, 1.82) is 0 Å². The predicted molar refractivity (Wildman–Crippen MR) is 88.1 cm³/mol. The van der Waals surface area contributed by atoms with Crippen LogP contribution in [0.2, 0.25) is 5.02 Å². The first kappa shape index (κ1) is 23.5. The first-order valence-corrected chi connectivity index (χ1v) is 8.42. The number of sulfonamides is 1. The molecule has 2 rings (SSSR count). The molecule has 0 aliphatic heterocycles. The number of hydrogen-bond donors (Lipinski definition) is 0. The zero-order valence-electron chi connectivity index (χ0n) is 14.2. The summed E-state index contributed by atoms with van der Waals surface area (Å²) in [6.07, 6.45) is 0. The van der Waals surface area contributed by atoms with Crippen molar-refractivity contribution in [3.05, 3.63) is 39.8 Å². The molecule has 0 aliphatic carbocycles. The van der Waals surface area contributed by atoms with Crippen molar-refractivity contribution in [3.8, 4) is 6.01 Å². The summed E-state index contributed by atoms with van der Waals surface area (Å²) in [5.74, 6) is 0. The number of alkyl halides is 2. The van der Waals surface area contributed by atoms with Crippen molar-refractivity contribution in [2.75, 3.05) is 7.11 Å². The SMILES string of the molecule is COc1nn(C(=O)N(OC(F)F)S(=O)(=O)c2ccccc2Cl)c(=O)n1C.[Na]. The fourth-order valence-corrected chi connectivity index (χ4v) is 3.45. The number of nitrogens with zero attached hydrogens (tertiary/aromatic N) is 4. The Morgan fingerprint density at radius 2 is 1.93 bits per heavy atom. The molecule has 0 atom stereocenters. The summed E-state index contributed by atoms with van der Waals surface area (Å²) in [7, 11) is -2.71. The van der Waals surface area contributed by atoms with E-state index in [9.17, 15) is 26.8 Å². The molecule has 0 N–H and O–H groups in total. The molecule has 143 valence electrons. The molecular formula is C12H11ClF2N4NaO6S. The van der Waals surface area contributed by atoms with Gasteiger partial charge in [-0.2, -0.15) is 22.0 Å². The van der Waals surface area contributed by atoms with Gasteiger partial charge in [-0.05, 0) is 12.1 Å². The summed E-state index contributed by atoms with van der Waals surface area (Å²) in [6, 6.07) is 2.59. The van der Waals surface area contributed by atoms with Crippen molar-refractivity contribution in [1.82, 2.24) is 18.8 Å². The van der Waals surface area contributed by atoms with Gasteiger partial charge in [0, 0.05) is 36.6 Å². The molecular weight excluding hydrogens is 425 g/mol. The average molecular weight is 436 g/mol. The molecule has 0 fully saturated rings. The van der Waals surface area contributed by atoms with E-state index in [2.05, 4.69) is 9.94 Å². The van der Waals surface area contributed by atoms with E-state index < -0.39 is 37.7 Å². The third-order valence-electron chi connectivity index (χ3n) is 2.97. The van der Waals surface area contributed by atoms with Crippen LogP contribution in [0.3, 0.4) is 0 Å². The van der Waals surface area contributed by atoms with E-state index in [4.69, 9.17) is 16.3 Å². The molecule has 0 spiro atoms. The van der Waals surface area contributed by atoms with Crippen molar-refractivity contribution in [2.45, 2.75) is 11.5 Å². The number of rotatable bonds is 5. The summed E-state index contributed by atoms with van der Waals surface area (Å²) in [5, 5.41) is 3.06. The predicted octanol–water partition coefficient (Wildman–Crippen LogP) is 0.676. The minimum absolute atomic E-state index is 0. The molecule has 0 unspecified atom stereocenters. The quantitative estimate of drug-likeness (QED) is 0.501. The number of methoxy groups -OCH3 is 1. The fourth-order valence-electron chi connectivity index (χ4n) is 1.82. The number of aromatic nitrogens is 3. The van der Waals surface area contributed by atoms with Crippen LogP contribution >= 0.6 is 11.6 Å². The van der Waals surface area contributed by atoms with Gasteiger partial charge >= 0.3 is 24.3 Å². The molecule has 0 saturated heterocycles. The van der Waals surface area contributed by atoms with Crippen LogP contribution in [0.4, 0.5) is 13.6 Å². The zero-order chi connectivity index (χ0) is 19.6. The van der Waals surface area contributed by atoms with Crippen LogP contribution < -0.4 is 10.4 Å². The van der Waals surface area contributed by atoms with E-state index in [-0.39, 0.29) is 45.3 Å². The third kappa shape index (κ3) is 4.67. The molecule has 10 nitrogen and oxygen atoms in total. The number of halogens is 3. The Balaban J connectivity index is 0.00000364. The Bertz CT molecular complexity index is 996. The van der Waals surface area contributed by atoms with Crippen LogP contribution in [0.25, 0.3) is 0 Å². The number of ether oxygens (including phenoxy) is 1. The molecule has 1 aromatic heterocycles. The van der Waals surface area contributed by atoms with Gasteiger partial charge in [-0.25, -0.2) is 14.2 Å². The van der Waals surface area contributed by atoms with Crippen LogP contribution in [0, 0.1) is 0 Å². The van der Waals surface area contributed by atoms with E-state index in [0.29, 0.717) is 0 Å². The molecule has 0 bridgehead atoms. The van der Waals surface area contributed by atoms with E-state index in [1.807, 2.05) is 0 Å². The van der Waals surface area contributed by atoms with Crippen LogP contribution in [-0.2, 0) is 21.9 Å². The molecule has 1 aromatic carbocycles. The summed E-state index contributed by atoms with van der Waals surface area (Å²) < 4.78 is 55.3. The number of hydrogen-bond acceptors (Lipinski definition) is 7. The molecule has 0 saturated carbocycles.